The molecule has 1 saturated carbocycles. The molecule has 0 radical (unpaired) electrons. The third kappa shape index (κ3) is 5.86. The Morgan fingerprint density at radius 2 is 1.92 bits per heavy atom. The molecule has 2 rings (SSSR count). The smallest absolute Gasteiger partial charge is 0.342 e. The van der Waals surface area contributed by atoms with Gasteiger partial charge in [0.15, 0.2) is 0 Å². The van der Waals surface area contributed by atoms with E-state index in [2.05, 4.69) is 0 Å². The third-order valence-electron chi connectivity index (χ3n) is 5.45. The van der Waals surface area contributed by atoms with Crippen LogP contribution in [0.2, 0.25) is 0 Å². The highest BCUT2D eigenvalue weighted by atomic mass is 19.4. The second-order valence-electron chi connectivity index (χ2n) is 7.61. The molecule has 1 saturated heterocycles. The highest BCUT2D eigenvalue weighted by Crippen LogP contribution is 2.29. The second-order valence-corrected chi connectivity index (χ2v) is 7.61. The summed E-state index contributed by atoms with van der Waals surface area (Å²) in [5, 5.41) is 0. The second kappa shape index (κ2) is 9.06. The number of alkyl halides is 3. The Balaban J connectivity index is 1.94. The first-order valence-electron chi connectivity index (χ1n) is 9.60. The van der Waals surface area contributed by atoms with Gasteiger partial charge in [0.25, 0.3) is 0 Å². The van der Waals surface area contributed by atoms with Gasteiger partial charge >= 0.3 is 6.18 Å². The number of piperidine rings is 1. The molecule has 5 nitrogen and oxygen atoms in total. The number of hydrogen-bond donors (Lipinski definition) is 1. The minimum atomic E-state index is -4.41. The molecular formula is C18H30F3N3O2. The van der Waals surface area contributed by atoms with Crippen molar-refractivity contribution in [3.8, 4) is 0 Å². The Morgan fingerprint density at radius 3 is 2.50 bits per heavy atom. The molecule has 2 fully saturated rings. The van der Waals surface area contributed by atoms with Gasteiger partial charge in [-0.1, -0.05) is 13.3 Å². The van der Waals surface area contributed by atoms with E-state index < -0.39 is 24.5 Å². The summed E-state index contributed by atoms with van der Waals surface area (Å²) < 4.78 is 38.3. The van der Waals surface area contributed by atoms with Gasteiger partial charge in [-0.05, 0) is 38.0 Å². The number of hydrogen-bond acceptors (Lipinski definition) is 3. The van der Waals surface area contributed by atoms with Gasteiger partial charge in [-0.2, -0.15) is 13.2 Å². The van der Waals surface area contributed by atoms with E-state index >= 15 is 0 Å². The lowest BCUT2D eigenvalue weighted by molar-refractivity contribution is -0.165. The minimum absolute atomic E-state index is 0.0253. The van der Waals surface area contributed by atoms with Crippen LogP contribution in [-0.2, 0) is 9.59 Å². The van der Waals surface area contributed by atoms with Crippen molar-refractivity contribution < 1.29 is 22.8 Å². The minimum Gasteiger partial charge on any atom is -0.342 e. The molecule has 0 spiro atoms. The van der Waals surface area contributed by atoms with Crippen molar-refractivity contribution in [2.45, 2.75) is 64.1 Å². The van der Waals surface area contributed by atoms with E-state index in [1.54, 1.807) is 11.8 Å². The van der Waals surface area contributed by atoms with Crippen LogP contribution in [0.15, 0.2) is 0 Å². The largest absolute Gasteiger partial charge is 0.406 e. The zero-order chi connectivity index (χ0) is 19.3. The molecule has 0 aromatic carbocycles. The van der Waals surface area contributed by atoms with Gasteiger partial charge in [-0.3, -0.25) is 9.59 Å². The van der Waals surface area contributed by atoms with Crippen LogP contribution in [0.4, 0.5) is 13.2 Å². The number of carbonyl (C=O) groups is 2. The quantitative estimate of drug-likeness (QED) is 0.774. The molecule has 1 unspecified atom stereocenters. The molecule has 2 amide bonds. The molecule has 8 heteroatoms. The molecular weight excluding hydrogens is 347 g/mol. The van der Waals surface area contributed by atoms with Crippen molar-refractivity contribution in [2.75, 3.05) is 26.2 Å². The Kier molecular flexibility index (Phi) is 7.32. The maximum absolute atomic E-state index is 12.8. The number of rotatable bonds is 6. The summed E-state index contributed by atoms with van der Waals surface area (Å²) in [6.45, 7) is 1.40. The van der Waals surface area contributed by atoms with Gasteiger partial charge < -0.3 is 15.5 Å². The zero-order valence-electron chi connectivity index (χ0n) is 15.4. The lowest BCUT2D eigenvalue weighted by atomic mass is 9.94. The first kappa shape index (κ1) is 21.0. The van der Waals surface area contributed by atoms with Gasteiger partial charge in [0, 0.05) is 32.1 Å². The van der Waals surface area contributed by atoms with E-state index in [0.717, 1.165) is 24.2 Å². The van der Waals surface area contributed by atoms with Crippen molar-refractivity contribution in [2.24, 2.45) is 17.6 Å². The SMILES string of the molecule is CCCN(CC(F)(F)F)C(=O)C1CCCN(C(=O)C[C@@H]2CCC[C@H]2N)C1. The highest BCUT2D eigenvalue weighted by Gasteiger charge is 2.37. The fraction of sp³-hybridized carbons (Fsp3) is 0.889. The van der Waals surface area contributed by atoms with Crippen LogP contribution in [0.5, 0.6) is 0 Å². The van der Waals surface area contributed by atoms with Crippen LogP contribution in [0, 0.1) is 11.8 Å². The first-order valence-corrected chi connectivity index (χ1v) is 9.60. The van der Waals surface area contributed by atoms with E-state index in [9.17, 15) is 22.8 Å². The Morgan fingerprint density at radius 1 is 1.19 bits per heavy atom. The van der Waals surface area contributed by atoms with Gasteiger partial charge in [-0.25, -0.2) is 0 Å². The number of likely N-dealkylation sites (tertiary alicyclic amines) is 1. The molecule has 3 atom stereocenters. The molecule has 2 N–H and O–H groups in total. The first-order chi connectivity index (χ1) is 12.2. The van der Waals surface area contributed by atoms with Crippen molar-refractivity contribution >= 4 is 11.8 Å². The topological polar surface area (TPSA) is 66.6 Å². The van der Waals surface area contributed by atoms with E-state index in [0.29, 0.717) is 32.2 Å². The number of halogens is 3. The van der Waals surface area contributed by atoms with E-state index in [1.807, 2.05) is 0 Å². The van der Waals surface area contributed by atoms with Crippen LogP contribution < -0.4 is 5.73 Å². The van der Waals surface area contributed by atoms with E-state index in [1.165, 1.54) is 0 Å². The predicted octanol–water partition coefficient (Wildman–Crippen LogP) is 2.54. The standard InChI is InChI=1S/C18H30F3N3O2/c1-2-8-24(12-18(19,20)21)17(26)14-6-4-9-23(11-14)16(25)10-13-5-3-7-15(13)22/h13-15H,2-12,22H2,1H3/t13-,14?,15+/m0/s1. The average Bonchev–Trinajstić information content (AvgIpc) is 2.97. The molecule has 1 heterocycles. The summed E-state index contributed by atoms with van der Waals surface area (Å²) in [4.78, 5) is 27.7. The molecule has 150 valence electrons. The van der Waals surface area contributed by atoms with Crippen molar-refractivity contribution in [3.63, 3.8) is 0 Å². The van der Waals surface area contributed by atoms with E-state index in [4.69, 9.17) is 5.73 Å². The Bertz CT molecular complexity index is 499. The molecule has 2 aliphatic rings. The van der Waals surface area contributed by atoms with Gasteiger partial charge in [0.2, 0.25) is 11.8 Å². The van der Waals surface area contributed by atoms with Crippen LogP contribution >= 0.6 is 0 Å². The number of nitrogens with two attached hydrogens (primary N) is 1. The van der Waals surface area contributed by atoms with Crippen molar-refractivity contribution in [3.05, 3.63) is 0 Å². The van der Waals surface area contributed by atoms with Crippen LogP contribution in [0.1, 0.15) is 51.9 Å². The maximum Gasteiger partial charge on any atom is 0.406 e. The lowest BCUT2D eigenvalue weighted by Crippen LogP contribution is -2.49. The Hall–Kier alpha value is -1.31. The third-order valence-corrected chi connectivity index (χ3v) is 5.45. The van der Waals surface area contributed by atoms with Crippen LogP contribution in [0.3, 0.4) is 0 Å². The fourth-order valence-corrected chi connectivity index (χ4v) is 4.09. The average molecular weight is 377 g/mol. The number of amides is 2. The Labute approximate surface area is 153 Å². The maximum atomic E-state index is 12.8. The van der Waals surface area contributed by atoms with Crippen LogP contribution in [0.25, 0.3) is 0 Å². The summed E-state index contributed by atoms with van der Waals surface area (Å²) in [5.41, 5.74) is 6.03. The molecule has 0 aromatic heterocycles. The molecule has 26 heavy (non-hydrogen) atoms. The summed E-state index contributed by atoms with van der Waals surface area (Å²) in [7, 11) is 0. The molecule has 0 bridgehead atoms. The van der Waals surface area contributed by atoms with Gasteiger partial charge in [-0.15, -0.1) is 0 Å². The van der Waals surface area contributed by atoms with Gasteiger partial charge in [0.05, 0.1) is 5.92 Å². The lowest BCUT2D eigenvalue weighted by Gasteiger charge is -2.36. The summed E-state index contributed by atoms with van der Waals surface area (Å²) >= 11 is 0. The molecule has 0 aromatic rings. The number of carbonyl (C=O) groups excluding carboxylic acids is 2. The molecule has 1 aliphatic carbocycles. The zero-order valence-corrected chi connectivity index (χ0v) is 15.4. The van der Waals surface area contributed by atoms with Gasteiger partial charge in [0.1, 0.15) is 6.54 Å². The van der Waals surface area contributed by atoms with E-state index in [-0.39, 0.29) is 31.0 Å². The summed E-state index contributed by atoms with van der Waals surface area (Å²) in [6, 6.07) is 0.0491. The normalized spacial score (nSPS) is 26.8. The molecule has 1 aliphatic heterocycles. The predicted molar refractivity (Wildman–Crippen MR) is 92.2 cm³/mol. The van der Waals surface area contributed by atoms with Crippen molar-refractivity contribution in [1.29, 1.82) is 0 Å². The summed E-state index contributed by atoms with van der Waals surface area (Å²) in [5.74, 6) is -0.874. The highest BCUT2D eigenvalue weighted by molar-refractivity contribution is 5.81. The van der Waals surface area contributed by atoms with Crippen molar-refractivity contribution in [1.82, 2.24) is 9.80 Å². The summed E-state index contributed by atoms with van der Waals surface area (Å²) in [6.07, 6.45) is 0.521. The number of nitrogens with zero attached hydrogens (tertiary/aromatic N) is 2. The monoisotopic (exact) mass is 377 g/mol. The fourth-order valence-electron chi connectivity index (χ4n) is 4.09. The van der Waals surface area contributed by atoms with Crippen LogP contribution in [-0.4, -0.2) is 60.0 Å².